The highest BCUT2D eigenvalue weighted by Gasteiger charge is 2.23. The molecule has 2 heterocycles. The number of nitrogens with zero attached hydrogens (tertiary/aromatic N) is 3. The van der Waals surface area contributed by atoms with Crippen molar-refractivity contribution in [3.05, 3.63) is 60.2 Å². The van der Waals surface area contributed by atoms with E-state index in [-0.39, 0.29) is 0 Å². The van der Waals surface area contributed by atoms with Crippen LogP contribution in [0.5, 0.6) is 0 Å². The number of hydrogen-bond donors (Lipinski definition) is 1. The molecule has 0 aliphatic carbocycles. The maximum Gasteiger partial charge on any atom is 0.115 e. The predicted octanol–water partition coefficient (Wildman–Crippen LogP) is 1.67. The second kappa shape index (κ2) is 6.59. The lowest BCUT2D eigenvalue weighted by Gasteiger charge is -2.34. The average Bonchev–Trinajstić information content (AvgIpc) is 2.55. The molecule has 20 heavy (non-hydrogen) atoms. The minimum absolute atomic E-state index is 0.336. The van der Waals surface area contributed by atoms with Crippen molar-refractivity contribution in [1.29, 1.82) is 0 Å². The van der Waals surface area contributed by atoms with E-state index in [1.165, 1.54) is 5.56 Å². The van der Waals surface area contributed by atoms with E-state index < -0.39 is 0 Å². The van der Waals surface area contributed by atoms with Gasteiger partial charge in [0, 0.05) is 32.4 Å². The quantitative estimate of drug-likeness (QED) is 0.916. The molecule has 1 aromatic heterocycles. The van der Waals surface area contributed by atoms with Crippen LogP contribution in [0.1, 0.15) is 17.3 Å². The van der Waals surface area contributed by atoms with E-state index in [2.05, 4.69) is 50.5 Å². The summed E-state index contributed by atoms with van der Waals surface area (Å²) >= 11 is 0. The van der Waals surface area contributed by atoms with Gasteiger partial charge < -0.3 is 5.32 Å². The summed E-state index contributed by atoms with van der Waals surface area (Å²) in [4.78, 5) is 11.0. The highest BCUT2D eigenvalue weighted by molar-refractivity contribution is 5.19. The number of hydrogen-bond acceptors (Lipinski definition) is 4. The van der Waals surface area contributed by atoms with Crippen molar-refractivity contribution in [3.63, 3.8) is 0 Å². The van der Waals surface area contributed by atoms with Gasteiger partial charge in [0.1, 0.15) is 6.33 Å². The van der Waals surface area contributed by atoms with Gasteiger partial charge >= 0.3 is 0 Å². The Bertz CT molecular complexity index is 509. The molecule has 0 radical (unpaired) electrons. The summed E-state index contributed by atoms with van der Waals surface area (Å²) in [5.74, 6) is 0. The van der Waals surface area contributed by atoms with Gasteiger partial charge in [-0.3, -0.25) is 4.90 Å². The fraction of sp³-hybridized carbons (Fsp3) is 0.375. The summed E-state index contributed by atoms with van der Waals surface area (Å²) < 4.78 is 0. The minimum Gasteiger partial charge on any atom is -0.314 e. The van der Waals surface area contributed by atoms with Gasteiger partial charge in [-0.1, -0.05) is 30.3 Å². The molecule has 1 aromatic carbocycles. The van der Waals surface area contributed by atoms with Crippen LogP contribution in [0.4, 0.5) is 0 Å². The molecule has 1 atom stereocenters. The third-order valence-corrected chi connectivity index (χ3v) is 3.81. The largest absolute Gasteiger partial charge is 0.314 e. The SMILES string of the molecule is c1ccc(CC(c2ccncn2)N2CCNCC2)cc1. The van der Waals surface area contributed by atoms with Gasteiger partial charge in [-0.2, -0.15) is 0 Å². The van der Waals surface area contributed by atoms with Crippen LogP contribution in [0.3, 0.4) is 0 Å². The Morgan fingerprint density at radius 3 is 2.60 bits per heavy atom. The van der Waals surface area contributed by atoms with E-state index in [0.29, 0.717) is 6.04 Å². The smallest absolute Gasteiger partial charge is 0.115 e. The third-order valence-electron chi connectivity index (χ3n) is 3.81. The Morgan fingerprint density at radius 2 is 1.90 bits per heavy atom. The molecule has 0 saturated carbocycles. The molecule has 0 spiro atoms. The third kappa shape index (κ3) is 3.21. The van der Waals surface area contributed by atoms with E-state index >= 15 is 0 Å². The zero-order chi connectivity index (χ0) is 13.6. The summed E-state index contributed by atoms with van der Waals surface area (Å²) in [6, 6.07) is 13.0. The zero-order valence-corrected chi connectivity index (χ0v) is 11.6. The van der Waals surface area contributed by atoms with Crippen molar-refractivity contribution in [2.75, 3.05) is 26.2 Å². The van der Waals surface area contributed by atoms with Crippen molar-refractivity contribution < 1.29 is 0 Å². The first kappa shape index (κ1) is 13.2. The number of nitrogens with one attached hydrogen (secondary N) is 1. The number of rotatable bonds is 4. The Balaban J connectivity index is 1.83. The fourth-order valence-electron chi connectivity index (χ4n) is 2.75. The normalized spacial score (nSPS) is 17.8. The van der Waals surface area contributed by atoms with Gasteiger partial charge in [0.2, 0.25) is 0 Å². The molecule has 4 heteroatoms. The van der Waals surface area contributed by atoms with Crippen LogP contribution in [0.15, 0.2) is 48.9 Å². The van der Waals surface area contributed by atoms with Gasteiger partial charge in [-0.05, 0) is 18.1 Å². The molecule has 1 aliphatic rings. The standard InChI is InChI=1S/C16H20N4/c1-2-4-14(5-3-1)12-16(15-6-7-18-13-19-15)20-10-8-17-9-11-20/h1-7,13,16-17H,8-12H2. The van der Waals surface area contributed by atoms with E-state index in [4.69, 9.17) is 0 Å². The van der Waals surface area contributed by atoms with E-state index in [9.17, 15) is 0 Å². The second-order valence-electron chi connectivity index (χ2n) is 5.13. The predicted molar refractivity (Wildman–Crippen MR) is 79.4 cm³/mol. The number of aromatic nitrogens is 2. The van der Waals surface area contributed by atoms with E-state index in [1.807, 2.05) is 12.3 Å². The highest BCUT2D eigenvalue weighted by Crippen LogP contribution is 2.23. The minimum atomic E-state index is 0.336. The van der Waals surface area contributed by atoms with Crippen LogP contribution in [-0.4, -0.2) is 41.0 Å². The molecular formula is C16H20N4. The Labute approximate surface area is 119 Å². The highest BCUT2D eigenvalue weighted by atomic mass is 15.2. The first-order valence-corrected chi connectivity index (χ1v) is 7.18. The molecule has 3 rings (SSSR count). The van der Waals surface area contributed by atoms with Crippen molar-refractivity contribution in [2.45, 2.75) is 12.5 Å². The maximum absolute atomic E-state index is 4.48. The van der Waals surface area contributed by atoms with Crippen LogP contribution in [0.2, 0.25) is 0 Å². The van der Waals surface area contributed by atoms with Crippen molar-refractivity contribution >= 4 is 0 Å². The van der Waals surface area contributed by atoms with Gasteiger partial charge in [0.25, 0.3) is 0 Å². The van der Waals surface area contributed by atoms with Crippen molar-refractivity contribution in [1.82, 2.24) is 20.2 Å². The summed E-state index contributed by atoms with van der Waals surface area (Å²) in [5.41, 5.74) is 2.47. The first-order valence-electron chi connectivity index (χ1n) is 7.18. The Kier molecular flexibility index (Phi) is 4.35. The molecule has 1 N–H and O–H groups in total. The maximum atomic E-state index is 4.48. The summed E-state index contributed by atoms with van der Waals surface area (Å²) in [6.45, 7) is 4.25. The molecule has 1 saturated heterocycles. The fourth-order valence-corrected chi connectivity index (χ4v) is 2.75. The average molecular weight is 268 g/mol. The second-order valence-corrected chi connectivity index (χ2v) is 5.13. The molecule has 1 fully saturated rings. The van der Waals surface area contributed by atoms with Gasteiger partial charge in [-0.15, -0.1) is 0 Å². The molecular weight excluding hydrogens is 248 g/mol. The Morgan fingerprint density at radius 1 is 1.10 bits per heavy atom. The first-order chi connectivity index (χ1) is 9.93. The molecule has 0 amide bonds. The van der Waals surface area contributed by atoms with Crippen molar-refractivity contribution in [3.8, 4) is 0 Å². The lowest BCUT2D eigenvalue weighted by molar-refractivity contribution is 0.169. The van der Waals surface area contributed by atoms with Crippen LogP contribution < -0.4 is 5.32 Å². The molecule has 1 unspecified atom stereocenters. The van der Waals surface area contributed by atoms with Crippen LogP contribution >= 0.6 is 0 Å². The van der Waals surface area contributed by atoms with E-state index in [0.717, 1.165) is 38.3 Å². The monoisotopic (exact) mass is 268 g/mol. The lowest BCUT2D eigenvalue weighted by Crippen LogP contribution is -2.45. The molecule has 2 aromatic rings. The Hall–Kier alpha value is -1.78. The van der Waals surface area contributed by atoms with Gasteiger partial charge in [-0.25, -0.2) is 9.97 Å². The molecule has 1 aliphatic heterocycles. The number of benzene rings is 1. The van der Waals surface area contributed by atoms with E-state index in [1.54, 1.807) is 6.33 Å². The molecule has 0 bridgehead atoms. The zero-order valence-electron chi connectivity index (χ0n) is 11.6. The molecule has 4 nitrogen and oxygen atoms in total. The van der Waals surface area contributed by atoms with Crippen LogP contribution in [0.25, 0.3) is 0 Å². The lowest BCUT2D eigenvalue weighted by atomic mass is 10.0. The van der Waals surface area contributed by atoms with Crippen molar-refractivity contribution in [2.24, 2.45) is 0 Å². The summed E-state index contributed by atoms with van der Waals surface area (Å²) in [7, 11) is 0. The van der Waals surface area contributed by atoms with Crippen LogP contribution in [0, 0.1) is 0 Å². The topological polar surface area (TPSA) is 41.1 Å². The number of piperazine rings is 1. The van der Waals surface area contributed by atoms with Crippen LogP contribution in [-0.2, 0) is 6.42 Å². The summed E-state index contributed by atoms with van der Waals surface area (Å²) in [5, 5.41) is 3.41. The van der Waals surface area contributed by atoms with Gasteiger partial charge in [0.05, 0.1) is 11.7 Å². The van der Waals surface area contributed by atoms with Gasteiger partial charge in [0.15, 0.2) is 0 Å². The summed E-state index contributed by atoms with van der Waals surface area (Å²) in [6.07, 6.45) is 4.48. The molecule has 104 valence electrons.